The van der Waals surface area contributed by atoms with Gasteiger partial charge in [0.25, 0.3) is 0 Å². The van der Waals surface area contributed by atoms with E-state index in [1.54, 1.807) is 7.11 Å². The van der Waals surface area contributed by atoms with Gasteiger partial charge >= 0.3 is 0 Å². The van der Waals surface area contributed by atoms with E-state index in [2.05, 4.69) is 25.7 Å². The molecule has 0 spiro atoms. The summed E-state index contributed by atoms with van der Waals surface area (Å²) in [5.41, 5.74) is 2.82. The second kappa shape index (κ2) is 11.2. The molecule has 0 saturated carbocycles. The summed E-state index contributed by atoms with van der Waals surface area (Å²) < 4.78 is 13.8. The van der Waals surface area contributed by atoms with E-state index in [0.717, 1.165) is 29.8 Å². The summed E-state index contributed by atoms with van der Waals surface area (Å²) >= 11 is 0. The summed E-state index contributed by atoms with van der Waals surface area (Å²) in [4.78, 5) is 2.27. The van der Waals surface area contributed by atoms with Gasteiger partial charge in [0.05, 0.1) is 30.2 Å². The molecule has 0 unspecified atom stereocenters. The summed E-state index contributed by atoms with van der Waals surface area (Å²) in [6.45, 7) is 9.63. The van der Waals surface area contributed by atoms with Crippen molar-refractivity contribution in [2.45, 2.75) is 59.2 Å². The highest BCUT2D eigenvalue weighted by molar-refractivity contribution is 5.47. The summed E-state index contributed by atoms with van der Waals surface area (Å²) in [7, 11) is 1.64. The lowest BCUT2D eigenvalue weighted by molar-refractivity contribution is 0.0837. The summed E-state index contributed by atoms with van der Waals surface area (Å²) in [6.07, 6.45) is 1.39. The predicted molar refractivity (Wildman–Crippen MR) is 128 cm³/mol. The van der Waals surface area contributed by atoms with Crippen LogP contribution in [0.4, 0.5) is 0 Å². The van der Waals surface area contributed by atoms with Crippen molar-refractivity contribution in [3.05, 3.63) is 65.9 Å². The molecule has 0 aliphatic rings. The second-order valence-corrected chi connectivity index (χ2v) is 8.34. The fourth-order valence-corrected chi connectivity index (χ4v) is 3.73. The third-order valence-electron chi connectivity index (χ3n) is 5.57. The largest absolute Gasteiger partial charge is 0.493 e. The summed E-state index contributed by atoms with van der Waals surface area (Å²) in [5.74, 6) is 1.96. The van der Waals surface area contributed by atoms with Crippen LogP contribution in [0.25, 0.3) is 5.69 Å². The van der Waals surface area contributed by atoms with E-state index in [4.69, 9.17) is 14.6 Å². The van der Waals surface area contributed by atoms with E-state index in [0.29, 0.717) is 30.5 Å². The van der Waals surface area contributed by atoms with Gasteiger partial charge in [0.1, 0.15) is 0 Å². The van der Waals surface area contributed by atoms with Crippen molar-refractivity contribution in [3.63, 3.8) is 0 Å². The molecule has 0 bridgehead atoms. The van der Waals surface area contributed by atoms with Gasteiger partial charge in [0, 0.05) is 19.1 Å². The number of hydrogen-bond donors (Lipinski definition) is 1. The van der Waals surface area contributed by atoms with Gasteiger partial charge in [-0.2, -0.15) is 5.10 Å². The van der Waals surface area contributed by atoms with E-state index < -0.39 is 0 Å². The van der Waals surface area contributed by atoms with E-state index in [9.17, 15) is 5.11 Å². The molecule has 0 aliphatic heterocycles. The van der Waals surface area contributed by atoms with Crippen LogP contribution in [0.2, 0.25) is 0 Å². The minimum Gasteiger partial charge on any atom is -0.493 e. The number of aliphatic hydroxyl groups is 1. The Hall–Kier alpha value is -2.83. The van der Waals surface area contributed by atoms with Crippen LogP contribution in [0.1, 0.15) is 44.9 Å². The van der Waals surface area contributed by atoms with Crippen LogP contribution in [0.5, 0.6) is 17.4 Å². The van der Waals surface area contributed by atoms with Gasteiger partial charge in [0.15, 0.2) is 11.5 Å². The first-order valence-corrected chi connectivity index (χ1v) is 11.3. The molecule has 0 aliphatic carbocycles. The predicted octanol–water partition coefficient (Wildman–Crippen LogP) is 5.35. The first kappa shape index (κ1) is 23.8. The molecule has 0 saturated heterocycles. The quantitative estimate of drug-likeness (QED) is 0.438. The van der Waals surface area contributed by atoms with Gasteiger partial charge in [-0.25, -0.2) is 4.68 Å². The van der Waals surface area contributed by atoms with E-state index in [1.807, 2.05) is 66.2 Å². The standard InChI is InChI=1S/C26H35N3O3/c1-6-12-22(30)17-28(19(2)3)18-23-20(4)27-29(21-13-8-7-9-14-21)26(23)32-25-16-11-10-15-24(25)31-5/h7-11,13-16,19,22,30H,6,12,17-18H2,1-5H3/t22-/m1/s1. The van der Waals surface area contributed by atoms with Gasteiger partial charge in [-0.05, 0) is 51.5 Å². The van der Waals surface area contributed by atoms with Gasteiger partial charge in [0.2, 0.25) is 5.88 Å². The lowest BCUT2D eigenvalue weighted by Gasteiger charge is -2.29. The highest BCUT2D eigenvalue weighted by Gasteiger charge is 2.24. The molecule has 2 aromatic carbocycles. The normalized spacial score (nSPS) is 12.4. The highest BCUT2D eigenvalue weighted by atomic mass is 16.5. The zero-order valence-electron chi connectivity index (χ0n) is 19.8. The maximum Gasteiger partial charge on any atom is 0.227 e. The van der Waals surface area contributed by atoms with Crippen LogP contribution >= 0.6 is 0 Å². The van der Waals surface area contributed by atoms with Crippen LogP contribution in [-0.2, 0) is 6.54 Å². The zero-order valence-corrected chi connectivity index (χ0v) is 19.8. The van der Waals surface area contributed by atoms with Crippen molar-refractivity contribution in [1.29, 1.82) is 0 Å². The van der Waals surface area contributed by atoms with Crippen molar-refractivity contribution in [2.75, 3.05) is 13.7 Å². The Morgan fingerprint density at radius 1 is 1.03 bits per heavy atom. The third kappa shape index (κ3) is 5.69. The number of benzene rings is 2. The Morgan fingerprint density at radius 3 is 2.31 bits per heavy atom. The van der Waals surface area contributed by atoms with Gasteiger partial charge in [-0.3, -0.25) is 4.90 Å². The number of aromatic nitrogens is 2. The first-order chi connectivity index (χ1) is 15.4. The summed E-state index contributed by atoms with van der Waals surface area (Å²) in [5, 5.41) is 15.3. The average Bonchev–Trinajstić information content (AvgIpc) is 3.09. The van der Waals surface area contributed by atoms with Crippen molar-refractivity contribution < 1.29 is 14.6 Å². The molecule has 32 heavy (non-hydrogen) atoms. The molecule has 1 N–H and O–H groups in total. The van der Waals surface area contributed by atoms with Crippen LogP contribution in [-0.4, -0.2) is 45.6 Å². The number of aryl methyl sites for hydroxylation is 1. The Balaban J connectivity index is 2.04. The maximum atomic E-state index is 10.5. The maximum absolute atomic E-state index is 10.5. The fourth-order valence-electron chi connectivity index (χ4n) is 3.73. The smallest absolute Gasteiger partial charge is 0.227 e. The number of nitrogens with zero attached hydrogens (tertiary/aromatic N) is 3. The SMILES string of the molecule is CCC[C@@H](O)CN(Cc1c(C)nn(-c2ccccc2)c1Oc1ccccc1OC)C(C)C. The van der Waals surface area contributed by atoms with Crippen LogP contribution < -0.4 is 9.47 Å². The third-order valence-corrected chi connectivity index (χ3v) is 5.57. The Kier molecular flexibility index (Phi) is 8.31. The number of ether oxygens (including phenoxy) is 2. The molecule has 1 atom stereocenters. The minimum atomic E-state index is -0.356. The first-order valence-electron chi connectivity index (χ1n) is 11.3. The number of methoxy groups -OCH3 is 1. The molecule has 3 aromatic rings. The Bertz CT molecular complexity index is 985. The van der Waals surface area contributed by atoms with Crippen molar-refractivity contribution in [1.82, 2.24) is 14.7 Å². The van der Waals surface area contributed by atoms with E-state index in [-0.39, 0.29) is 12.1 Å². The Morgan fingerprint density at radius 2 is 1.69 bits per heavy atom. The van der Waals surface area contributed by atoms with E-state index in [1.165, 1.54) is 0 Å². The zero-order chi connectivity index (χ0) is 23.1. The molecule has 6 nitrogen and oxygen atoms in total. The number of para-hydroxylation sites is 3. The molecule has 1 heterocycles. The number of aliphatic hydroxyl groups excluding tert-OH is 1. The van der Waals surface area contributed by atoms with Crippen molar-refractivity contribution >= 4 is 0 Å². The number of rotatable bonds is 11. The lowest BCUT2D eigenvalue weighted by atomic mass is 10.1. The lowest BCUT2D eigenvalue weighted by Crippen LogP contribution is -2.37. The molecule has 1 aromatic heterocycles. The molecule has 3 rings (SSSR count). The molecular formula is C26H35N3O3. The van der Waals surface area contributed by atoms with Crippen LogP contribution in [0, 0.1) is 6.92 Å². The Labute approximate surface area is 191 Å². The van der Waals surface area contributed by atoms with E-state index >= 15 is 0 Å². The van der Waals surface area contributed by atoms with Crippen molar-refractivity contribution in [3.8, 4) is 23.1 Å². The molecule has 172 valence electrons. The average molecular weight is 438 g/mol. The van der Waals surface area contributed by atoms with Crippen LogP contribution in [0.3, 0.4) is 0 Å². The summed E-state index contributed by atoms with van der Waals surface area (Å²) in [6, 6.07) is 17.9. The van der Waals surface area contributed by atoms with Crippen molar-refractivity contribution in [2.24, 2.45) is 0 Å². The van der Waals surface area contributed by atoms with Gasteiger partial charge < -0.3 is 14.6 Å². The van der Waals surface area contributed by atoms with Crippen LogP contribution in [0.15, 0.2) is 54.6 Å². The monoisotopic (exact) mass is 437 g/mol. The molecule has 0 amide bonds. The van der Waals surface area contributed by atoms with Gasteiger partial charge in [-0.1, -0.05) is 43.7 Å². The highest BCUT2D eigenvalue weighted by Crippen LogP contribution is 2.36. The molecular weight excluding hydrogens is 402 g/mol. The van der Waals surface area contributed by atoms with Gasteiger partial charge in [-0.15, -0.1) is 0 Å². The fraction of sp³-hybridized carbons (Fsp3) is 0.423. The number of hydrogen-bond acceptors (Lipinski definition) is 5. The second-order valence-electron chi connectivity index (χ2n) is 8.34. The minimum absolute atomic E-state index is 0.264. The topological polar surface area (TPSA) is 59.8 Å². The molecule has 0 fully saturated rings. The molecule has 6 heteroatoms. The molecule has 0 radical (unpaired) electrons.